The van der Waals surface area contributed by atoms with Crippen LogP contribution in [0.4, 0.5) is 11.5 Å². The lowest BCUT2D eigenvalue weighted by Crippen LogP contribution is -2.04. The number of hydrogen-bond donors (Lipinski definition) is 1. The molecular formula is C12H15N5O2. The molecule has 0 radical (unpaired) electrons. The van der Waals surface area contributed by atoms with Crippen LogP contribution in [-0.2, 0) is 13.6 Å². The van der Waals surface area contributed by atoms with E-state index in [1.54, 1.807) is 0 Å². The van der Waals surface area contributed by atoms with Gasteiger partial charge in [0.25, 0.3) is 5.69 Å². The molecule has 0 bridgehead atoms. The molecule has 7 nitrogen and oxygen atoms in total. The number of nitrogens with zero attached hydrogens (tertiary/aromatic N) is 4. The van der Waals surface area contributed by atoms with Crippen LogP contribution in [0.15, 0.2) is 18.3 Å². The van der Waals surface area contributed by atoms with Crippen LogP contribution in [0.5, 0.6) is 0 Å². The van der Waals surface area contributed by atoms with Crippen molar-refractivity contribution in [1.29, 1.82) is 0 Å². The Balaban J connectivity index is 2.14. The highest BCUT2D eigenvalue weighted by atomic mass is 16.6. The molecule has 1 N–H and O–H groups in total. The first kappa shape index (κ1) is 13.0. The molecule has 19 heavy (non-hydrogen) atoms. The summed E-state index contributed by atoms with van der Waals surface area (Å²) in [5.41, 5.74) is 3.11. The molecule has 2 heterocycles. The molecule has 0 amide bonds. The van der Waals surface area contributed by atoms with Crippen molar-refractivity contribution in [3.63, 3.8) is 0 Å². The molecule has 2 aromatic rings. The van der Waals surface area contributed by atoms with Gasteiger partial charge >= 0.3 is 0 Å². The average Bonchev–Trinajstić information content (AvgIpc) is 2.61. The molecule has 7 heteroatoms. The van der Waals surface area contributed by atoms with E-state index in [4.69, 9.17) is 0 Å². The van der Waals surface area contributed by atoms with Crippen LogP contribution in [0, 0.1) is 24.0 Å². The van der Waals surface area contributed by atoms with Crippen LogP contribution >= 0.6 is 0 Å². The lowest BCUT2D eigenvalue weighted by molar-refractivity contribution is -0.384. The van der Waals surface area contributed by atoms with Gasteiger partial charge in [-0.3, -0.25) is 14.8 Å². The Morgan fingerprint density at radius 1 is 1.47 bits per heavy atom. The maximum atomic E-state index is 10.7. The second kappa shape index (κ2) is 5.05. The maximum absolute atomic E-state index is 10.7. The number of hydrogen-bond acceptors (Lipinski definition) is 5. The van der Waals surface area contributed by atoms with Crippen molar-refractivity contribution in [2.45, 2.75) is 20.4 Å². The SMILES string of the molecule is Cc1nn(C)c(C)c1CNc1cc([N+](=O)[O-])ccn1. The highest BCUT2D eigenvalue weighted by molar-refractivity contribution is 5.45. The fraction of sp³-hybridized carbons (Fsp3) is 0.333. The van der Waals surface area contributed by atoms with Crippen LogP contribution in [0.25, 0.3) is 0 Å². The number of aryl methyl sites for hydroxylation is 2. The van der Waals surface area contributed by atoms with Gasteiger partial charge in [-0.05, 0) is 13.8 Å². The minimum atomic E-state index is -0.437. The lowest BCUT2D eigenvalue weighted by atomic mass is 10.2. The zero-order valence-corrected chi connectivity index (χ0v) is 11.0. The van der Waals surface area contributed by atoms with Crippen LogP contribution in [0.3, 0.4) is 0 Å². The average molecular weight is 261 g/mol. The normalized spacial score (nSPS) is 10.5. The van der Waals surface area contributed by atoms with E-state index in [1.807, 2.05) is 25.6 Å². The second-order valence-electron chi connectivity index (χ2n) is 4.28. The van der Waals surface area contributed by atoms with E-state index in [0.717, 1.165) is 17.0 Å². The van der Waals surface area contributed by atoms with Crippen molar-refractivity contribution in [2.75, 3.05) is 5.32 Å². The number of anilines is 1. The number of pyridine rings is 1. The fourth-order valence-corrected chi connectivity index (χ4v) is 1.88. The summed E-state index contributed by atoms with van der Waals surface area (Å²) >= 11 is 0. The van der Waals surface area contributed by atoms with Crippen molar-refractivity contribution in [1.82, 2.24) is 14.8 Å². The Morgan fingerprint density at radius 3 is 2.79 bits per heavy atom. The molecule has 2 rings (SSSR count). The van der Waals surface area contributed by atoms with Gasteiger partial charge in [0.15, 0.2) is 0 Å². The molecule has 100 valence electrons. The van der Waals surface area contributed by atoms with Gasteiger partial charge < -0.3 is 5.32 Å². The highest BCUT2D eigenvalue weighted by Gasteiger charge is 2.10. The molecule has 0 aliphatic carbocycles. The van der Waals surface area contributed by atoms with Crippen LogP contribution in [0.1, 0.15) is 17.0 Å². The van der Waals surface area contributed by atoms with Gasteiger partial charge in [0.2, 0.25) is 0 Å². The largest absolute Gasteiger partial charge is 0.366 e. The van der Waals surface area contributed by atoms with Crippen LogP contribution in [-0.4, -0.2) is 19.7 Å². The van der Waals surface area contributed by atoms with Gasteiger partial charge in [-0.1, -0.05) is 0 Å². The molecule has 0 aliphatic heterocycles. The van der Waals surface area contributed by atoms with Crippen molar-refractivity contribution in [2.24, 2.45) is 7.05 Å². The number of nitro groups is 1. The molecule has 2 aromatic heterocycles. The summed E-state index contributed by atoms with van der Waals surface area (Å²) < 4.78 is 1.81. The quantitative estimate of drug-likeness (QED) is 0.671. The maximum Gasteiger partial charge on any atom is 0.274 e. The first-order chi connectivity index (χ1) is 8.99. The van der Waals surface area contributed by atoms with Crippen molar-refractivity contribution >= 4 is 11.5 Å². The topological polar surface area (TPSA) is 85.9 Å². The first-order valence-corrected chi connectivity index (χ1v) is 5.82. The Labute approximate surface area is 110 Å². The smallest absolute Gasteiger partial charge is 0.274 e. The summed E-state index contributed by atoms with van der Waals surface area (Å²) in [6.45, 7) is 4.46. The van der Waals surface area contributed by atoms with Gasteiger partial charge in [0, 0.05) is 37.1 Å². The van der Waals surface area contributed by atoms with E-state index in [1.165, 1.54) is 18.3 Å². The van der Waals surface area contributed by atoms with Gasteiger partial charge in [0.05, 0.1) is 16.7 Å². The fourth-order valence-electron chi connectivity index (χ4n) is 1.88. The molecular weight excluding hydrogens is 246 g/mol. The summed E-state index contributed by atoms with van der Waals surface area (Å²) in [5.74, 6) is 0.483. The third-order valence-corrected chi connectivity index (χ3v) is 3.06. The molecule has 0 atom stereocenters. The highest BCUT2D eigenvalue weighted by Crippen LogP contribution is 2.17. The van der Waals surface area contributed by atoms with Crippen molar-refractivity contribution < 1.29 is 4.92 Å². The number of rotatable bonds is 4. The van der Waals surface area contributed by atoms with Crippen LogP contribution in [0.2, 0.25) is 0 Å². The van der Waals surface area contributed by atoms with Crippen molar-refractivity contribution in [3.8, 4) is 0 Å². The minimum absolute atomic E-state index is 0.0251. The molecule has 0 unspecified atom stereocenters. The molecule has 0 aliphatic rings. The molecule has 0 saturated heterocycles. The Bertz CT molecular complexity index is 621. The van der Waals surface area contributed by atoms with Crippen LogP contribution < -0.4 is 5.32 Å². The third kappa shape index (κ3) is 2.70. The van der Waals surface area contributed by atoms with E-state index < -0.39 is 4.92 Å². The Hall–Kier alpha value is -2.44. The Morgan fingerprint density at radius 2 is 2.21 bits per heavy atom. The summed E-state index contributed by atoms with van der Waals surface area (Å²) in [5, 5.41) is 18.1. The van der Waals surface area contributed by atoms with Gasteiger partial charge in [0.1, 0.15) is 5.82 Å². The monoisotopic (exact) mass is 261 g/mol. The molecule has 0 spiro atoms. The Kier molecular flexibility index (Phi) is 3.46. The number of aromatic nitrogens is 3. The minimum Gasteiger partial charge on any atom is -0.366 e. The first-order valence-electron chi connectivity index (χ1n) is 5.82. The van der Waals surface area contributed by atoms with E-state index in [0.29, 0.717) is 12.4 Å². The van der Waals surface area contributed by atoms with E-state index in [-0.39, 0.29) is 5.69 Å². The summed E-state index contributed by atoms with van der Waals surface area (Å²) in [6, 6.07) is 2.78. The zero-order valence-electron chi connectivity index (χ0n) is 11.0. The molecule has 0 aromatic carbocycles. The molecule has 0 saturated carbocycles. The predicted octanol–water partition coefficient (Wildman–Crippen LogP) is 1.95. The predicted molar refractivity (Wildman–Crippen MR) is 70.9 cm³/mol. The lowest BCUT2D eigenvalue weighted by Gasteiger charge is -2.05. The number of nitrogens with one attached hydrogen (secondary N) is 1. The zero-order chi connectivity index (χ0) is 14.0. The third-order valence-electron chi connectivity index (χ3n) is 3.06. The second-order valence-corrected chi connectivity index (χ2v) is 4.28. The van der Waals surface area contributed by atoms with E-state index in [2.05, 4.69) is 15.4 Å². The van der Waals surface area contributed by atoms with Gasteiger partial charge in [-0.25, -0.2) is 4.98 Å². The van der Waals surface area contributed by atoms with Gasteiger partial charge in [-0.2, -0.15) is 5.10 Å². The molecule has 0 fully saturated rings. The van der Waals surface area contributed by atoms with Crippen molar-refractivity contribution in [3.05, 3.63) is 45.4 Å². The summed E-state index contributed by atoms with van der Waals surface area (Å²) in [6.07, 6.45) is 1.42. The van der Waals surface area contributed by atoms with E-state index in [9.17, 15) is 10.1 Å². The standard InChI is InChI=1S/C12H15N5O2/c1-8-11(9(2)16(3)15-8)7-14-12-6-10(17(18)19)4-5-13-12/h4-6H,7H2,1-3H3,(H,13,14). The van der Waals surface area contributed by atoms with E-state index >= 15 is 0 Å². The summed E-state index contributed by atoms with van der Waals surface area (Å²) in [4.78, 5) is 14.3. The summed E-state index contributed by atoms with van der Waals surface area (Å²) in [7, 11) is 1.89. The van der Waals surface area contributed by atoms with Gasteiger partial charge in [-0.15, -0.1) is 0 Å².